The van der Waals surface area contributed by atoms with Crippen LogP contribution in [0.1, 0.15) is 10.5 Å². The van der Waals surface area contributed by atoms with Gasteiger partial charge in [-0.3, -0.25) is 4.79 Å². The quantitative estimate of drug-likeness (QED) is 0.873. The Hall–Kier alpha value is -1.26. The van der Waals surface area contributed by atoms with E-state index in [-0.39, 0.29) is 5.91 Å². The molecule has 3 nitrogen and oxygen atoms in total. The molecule has 2 rings (SSSR count). The summed E-state index contributed by atoms with van der Waals surface area (Å²) in [7, 11) is 0. The summed E-state index contributed by atoms with van der Waals surface area (Å²) in [4.78, 5) is 14.5. The topological polar surface area (TPSA) is 44.9 Å². The van der Waals surface area contributed by atoms with E-state index in [2.05, 4.69) is 26.2 Å². The number of amides is 1. The van der Waals surface area contributed by atoms with E-state index >= 15 is 0 Å². The molecule has 0 saturated heterocycles. The van der Waals surface area contributed by atoms with E-state index < -0.39 is 0 Å². The van der Waals surface area contributed by atoms with Crippen molar-refractivity contribution in [2.45, 2.75) is 0 Å². The van der Waals surface area contributed by atoms with Gasteiger partial charge in [-0.25, -0.2) is 0 Å². The van der Waals surface area contributed by atoms with Crippen LogP contribution in [0.3, 0.4) is 0 Å². The number of anilines is 1. The molecule has 2 N–H and O–H groups in total. The fourth-order valence-electron chi connectivity index (χ4n) is 1.25. The molecule has 16 heavy (non-hydrogen) atoms. The van der Waals surface area contributed by atoms with Crippen molar-refractivity contribution in [2.75, 3.05) is 5.32 Å². The smallest absolute Gasteiger partial charge is 0.272 e. The average Bonchev–Trinajstić information content (AvgIpc) is 2.68. The zero-order valence-corrected chi connectivity index (χ0v) is 10.5. The van der Waals surface area contributed by atoms with Crippen LogP contribution in [0.4, 0.5) is 5.69 Å². The van der Waals surface area contributed by atoms with Gasteiger partial charge in [0, 0.05) is 10.7 Å². The molecule has 0 atom stereocenters. The Bertz CT molecular complexity index is 524. The van der Waals surface area contributed by atoms with Crippen LogP contribution in [0.25, 0.3) is 0 Å². The van der Waals surface area contributed by atoms with Crippen molar-refractivity contribution < 1.29 is 4.79 Å². The second kappa shape index (κ2) is 4.72. The number of halogens is 2. The molecule has 5 heteroatoms. The maximum Gasteiger partial charge on any atom is 0.272 e. The first kappa shape index (κ1) is 11.2. The van der Waals surface area contributed by atoms with Crippen molar-refractivity contribution >= 4 is 39.1 Å². The minimum atomic E-state index is -0.223. The van der Waals surface area contributed by atoms with E-state index in [4.69, 9.17) is 11.6 Å². The van der Waals surface area contributed by atoms with Gasteiger partial charge in [0.1, 0.15) is 5.69 Å². The summed E-state index contributed by atoms with van der Waals surface area (Å²) in [6, 6.07) is 8.98. The van der Waals surface area contributed by atoms with Gasteiger partial charge < -0.3 is 10.3 Å². The molecule has 0 aliphatic rings. The molecular formula is C11H8BrClN2O. The lowest BCUT2D eigenvalue weighted by molar-refractivity contribution is 0.102. The number of benzene rings is 1. The average molecular weight is 300 g/mol. The Morgan fingerprint density at radius 1 is 1.38 bits per heavy atom. The van der Waals surface area contributed by atoms with Gasteiger partial charge in [-0.05, 0) is 34.1 Å². The lowest BCUT2D eigenvalue weighted by atomic mass is 10.3. The number of aromatic amines is 1. The van der Waals surface area contributed by atoms with Crippen LogP contribution in [0.5, 0.6) is 0 Å². The molecule has 1 amide bonds. The molecule has 0 spiro atoms. The Morgan fingerprint density at radius 3 is 2.75 bits per heavy atom. The first-order valence-corrected chi connectivity index (χ1v) is 5.74. The van der Waals surface area contributed by atoms with E-state index in [1.54, 1.807) is 12.3 Å². The van der Waals surface area contributed by atoms with Gasteiger partial charge in [-0.1, -0.05) is 23.7 Å². The Balaban J connectivity index is 2.17. The highest BCUT2D eigenvalue weighted by atomic mass is 79.9. The summed E-state index contributed by atoms with van der Waals surface area (Å²) in [6.45, 7) is 0. The van der Waals surface area contributed by atoms with Crippen LogP contribution in [-0.4, -0.2) is 10.9 Å². The molecule has 1 aromatic heterocycles. The molecule has 0 fully saturated rings. The minimum absolute atomic E-state index is 0.223. The third kappa shape index (κ3) is 2.46. The summed E-state index contributed by atoms with van der Waals surface area (Å²) in [5.74, 6) is -0.223. The van der Waals surface area contributed by atoms with Gasteiger partial charge in [-0.15, -0.1) is 0 Å². The van der Waals surface area contributed by atoms with Crippen LogP contribution in [0.15, 0.2) is 41.0 Å². The number of H-pyrrole nitrogens is 1. The van der Waals surface area contributed by atoms with E-state index in [1.807, 2.05) is 24.3 Å². The maximum atomic E-state index is 11.8. The molecule has 0 radical (unpaired) electrons. The van der Waals surface area contributed by atoms with Crippen LogP contribution in [-0.2, 0) is 0 Å². The number of rotatable bonds is 2. The monoisotopic (exact) mass is 298 g/mol. The molecule has 2 aromatic rings. The molecule has 0 unspecified atom stereocenters. The Morgan fingerprint density at radius 2 is 2.12 bits per heavy atom. The fraction of sp³-hybridized carbons (Fsp3) is 0. The van der Waals surface area contributed by atoms with Crippen molar-refractivity contribution in [1.29, 1.82) is 0 Å². The molecule has 1 heterocycles. The normalized spacial score (nSPS) is 10.1. The highest BCUT2D eigenvalue weighted by Gasteiger charge is 2.09. The Kier molecular flexibility index (Phi) is 3.31. The summed E-state index contributed by atoms with van der Waals surface area (Å²) in [5, 5.41) is 3.28. The number of carbonyl (C=O) groups is 1. The van der Waals surface area contributed by atoms with Crippen LogP contribution in [0.2, 0.25) is 5.02 Å². The lowest BCUT2D eigenvalue weighted by Gasteiger charge is -2.05. The molecule has 1 aromatic carbocycles. The van der Waals surface area contributed by atoms with E-state index in [1.165, 1.54) is 0 Å². The highest BCUT2D eigenvalue weighted by Crippen LogP contribution is 2.22. The molecule has 82 valence electrons. The van der Waals surface area contributed by atoms with Crippen LogP contribution < -0.4 is 5.32 Å². The highest BCUT2D eigenvalue weighted by molar-refractivity contribution is 9.10. The SMILES string of the molecule is O=C(Nc1ccccc1Br)c1cc(Cl)c[nH]1. The molecular weight excluding hydrogens is 291 g/mol. The zero-order valence-electron chi connectivity index (χ0n) is 8.13. The number of aromatic nitrogens is 1. The predicted molar refractivity (Wildman–Crippen MR) is 67.9 cm³/mol. The van der Waals surface area contributed by atoms with Crippen LogP contribution in [0, 0.1) is 0 Å². The Labute approximate surface area is 106 Å². The minimum Gasteiger partial charge on any atom is -0.356 e. The standard InChI is InChI=1S/C11H8BrClN2O/c12-8-3-1-2-4-9(8)15-11(16)10-5-7(13)6-14-10/h1-6,14H,(H,15,16). The first-order chi connectivity index (χ1) is 7.66. The summed E-state index contributed by atoms with van der Waals surface area (Å²) < 4.78 is 0.834. The van der Waals surface area contributed by atoms with Crippen molar-refractivity contribution in [3.05, 3.63) is 51.7 Å². The van der Waals surface area contributed by atoms with Crippen molar-refractivity contribution in [1.82, 2.24) is 4.98 Å². The third-order valence-electron chi connectivity index (χ3n) is 2.01. The van der Waals surface area contributed by atoms with Gasteiger partial charge >= 0.3 is 0 Å². The molecule has 0 saturated carbocycles. The number of hydrogen-bond acceptors (Lipinski definition) is 1. The van der Waals surface area contributed by atoms with Gasteiger partial charge in [0.15, 0.2) is 0 Å². The number of para-hydroxylation sites is 1. The fourth-order valence-corrected chi connectivity index (χ4v) is 1.80. The van der Waals surface area contributed by atoms with Crippen molar-refractivity contribution in [3.8, 4) is 0 Å². The zero-order chi connectivity index (χ0) is 11.5. The second-order valence-corrected chi connectivity index (χ2v) is 4.46. The van der Waals surface area contributed by atoms with Gasteiger partial charge in [-0.2, -0.15) is 0 Å². The number of carbonyl (C=O) groups excluding carboxylic acids is 1. The van der Waals surface area contributed by atoms with Crippen LogP contribution >= 0.6 is 27.5 Å². The summed E-state index contributed by atoms with van der Waals surface area (Å²) in [5.41, 5.74) is 1.15. The van der Waals surface area contributed by atoms with Gasteiger partial charge in [0.2, 0.25) is 0 Å². The molecule has 0 aliphatic heterocycles. The predicted octanol–water partition coefficient (Wildman–Crippen LogP) is 3.68. The van der Waals surface area contributed by atoms with E-state index in [0.717, 1.165) is 10.2 Å². The van der Waals surface area contributed by atoms with Gasteiger partial charge in [0.05, 0.1) is 10.7 Å². The number of hydrogen-bond donors (Lipinski definition) is 2. The van der Waals surface area contributed by atoms with Crippen molar-refractivity contribution in [3.63, 3.8) is 0 Å². The number of nitrogens with one attached hydrogen (secondary N) is 2. The summed E-state index contributed by atoms with van der Waals surface area (Å²) in [6.07, 6.45) is 1.57. The maximum absolute atomic E-state index is 11.8. The van der Waals surface area contributed by atoms with Crippen molar-refractivity contribution in [2.24, 2.45) is 0 Å². The molecule has 0 bridgehead atoms. The molecule has 0 aliphatic carbocycles. The summed E-state index contributed by atoms with van der Waals surface area (Å²) >= 11 is 9.07. The second-order valence-electron chi connectivity index (χ2n) is 3.17. The lowest BCUT2D eigenvalue weighted by Crippen LogP contribution is -2.12. The first-order valence-electron chi connectivity index (χ1n) is 4.56. The van der Waals surface area contributed by atoms with E-state index in [0.29, 0.717) is 10.7 Å². The van der Waals surface area contributed by atoms with E-state index in [9.17, 15) is 4.79 Å². The third-order valence-corrected chi connectivity index (χ3v) is 2.92. The largest absolute Gasteiger partial charge is 0.356 e. The van der Waals surface area contributed by atoms with Gasteiger partial charge in [0.25, 0.3) is 5.91 Å².